The van der Waals surface area contributed by atoms with Crippen LogP contribution in [0.5, 0.6) is 5.88 Å². The van der Waals surface area contributed by atoms with Gasteiger partial charge in [0.1, 0.15) is 5.56 Å². The maximum atomic E-state index is 12.3. The standard InChI is InChI=1S/C13H18N2O3/c1-18-12-11(3-2-6-14-12)13(17)15-7-4-10(9-16)5-8-15/h2-3,6,10,16H,4-5,7-9H2,1H3. The molecule has 1 fully saturated rings. The molecule has 2 rings (SSSR count). The van der Waals surface area contributed by atoms with E-state index in [0.717, 1.165) is 12.8 Å². The van der Waals surface area contributed by atoms with Crippen molar-refractivity contribution in [2.45, 2.75) is 12.8 Å². The van der Waals surface area contributed by atoms with Crippen LogP contribution >= 0.6 is 0 Å². The smallest absolute Gasteiger partial charge is 0.259 e. The van der Waals surface area contributed by atoms with Crippen molar-refractivity contribution >= 4 is 5.91 Å². The van der Waals surface area contributed by atoms with Gasteiger partial charge in [0, 0.05) is 25.9 Å². The summed E-state index contributed by atoms with van der Waals surface area (Å²) in [6.45, 7) is 1.57. The molecule has 1 aromatic heterocycles. The molecule has 5 heteroatoms. The highest BCUT2D eigenvalue weighted by atomic mass is 16.5. The van der Waals surface area contributed by atoms with Crippen molar-refractivity contribution in [2.75, 3.05) is 26.8 Å². The van der Waals surface area contributed by atoms with Crippen LogP contribution in [-0.2, 0) is 0 Å². The number of pyridine rings is 1. The van der Waals surface area contributed by atoms with E-state index >= 15 is 0 Å². The van der Waals surface area contributed by atoms with Gasteiger partial charge >= 0.3 is 0 Å². The van der Waals surface area contributed by atoms with Gasteiger partial charge in [-0.1, -0.05) is 0 Å². The Morgan fingerprint density at radius 2 is 2.28 bits per heavy atom. The highest BCUT2D eigenvalue weighted by Gasteiger charge is 2.25. The zero-order valence-electron chi connectivity index (χ0n) is 10.5. The van der Waals surface area contributed by atoms with Gasteiger partial charge in [-0.3, -0.25) is 4.79 Å². The monoisotopic (exact) mass is 250 g/mol. The van der Waals surface area contributed by atoms with E-state index in [-0.39, 0.29) is 12.5 Å². The zero-order valence-corrected chi connectivity index (χ0v) is 10.5. The lowest BCUT2D eigenvalue weighted by Gasteiger charge is -2.31. The van der Waals surface area contributed by atoms with Crippen molar-refractivity contribution in [1.82, 2.24) is 9.88 Å². The summed E-state index contributed by atoms with van der Waals surface area (Å²) >= 11 is 0. The summed E-state index contributed by atoms with van der Waals surface area (Å²) in [5.74, 6) is 0.646. The molecule has 98 valence electrons. The summed E-state index contributed by atoms with van der Waals surface area (Å²) in [4.78, 5) is 18.1. The second kappa shape index (κ2) is 5.82. The Labute approximate surface area is 106 Å². The molecule has 0 radical (unpaired) electrons. The quantitative estimate of drug-likeness (QED) is 0.867. The molecule has 1 amide bonds. The highest BCUT2D eigenvalue weighted by molar-refractivity contribution is 5.96. The van der Waals surface area contributed by atoms with Gasteiger partial charge in [0.25, 0.3) is 5.91 Å². The van der Waals surface area contributed by atoms with Crippen LogP contribution < -0.4 is 4.74 Å². The zero-order chi connectivity index (χ0) is 13.0. The average molecular weight is 250 g/mol. The molecule has 1 N–H and O–H groups in total. The van der Waals surface area contributed by atoms with Crippen molar-refractivity contribution < 1.29 is 14.6 Å². The van der Waals surface area contributed by atoms with Gasteiger partial charge in [-0.15, -0.1) is 0 Å². The van der Waals surface area contributed by atoms with Crippen molar-refractivity contribution in [3.63, 3.8) is 0 Å². The fourth-order valence-corrected chi connectivity index (χ4v) is 2.21. The first-order valence-electron chi connectivity index (χ1n) is 6.15. The number of carbonyl (C=O) groups excluding carboxylic acids is 1. The molecule has 1 aliphatic heterocycles. The van der Waals surface area contributed by atoms with Gasteiger partial charge in [-0.2, -0.15) is 0 Å². The van der Waals surface area contributed by atoms with Gasteiger partial charge in [-0.25, -0.2) is 4.98 Å². The fourth-order valence-electron chi connectivity index (χ4n) is 2.21. The predicted octanol–water partition coefficient (Wildman–Crippen LogP) is 0.935. The number of hydrogen-bond donors (Lipinski definition) is 1. The molecule has 5 nitrogen and oxygen atoms in total. The number of likely N-dealkylation sites (tertiary alicyclic amines) is 1. The fraction of sp³-hybridized carbons (Fsp3) is 0.538. The third kappa shape index (κ3) is 2.61. The van der Waals surface area contributed by atoms with E-state index in [9.17, 15) is 4.79 Å². The summed E-state index contributed by atoms with van der Waals surface area (Å²) in [6, 6.07) is 3.46. The number of methoxy groups -OCH3 is 1. The molecular weight excluding hydrogens is 232 g/mol. The summed E-state index contributed by atoms with van der Waals surface area (Å²) in [5.41, 5.74) is 0.502. The van der Waals surface area contributed by atoms with E-state index in [4.69, 9.17) is 9.84 Å². The van der Waals surface area contributed by atoms with Crippen LogP contribution in [0.2, 0.25) is 0 Å². The SMILES string of the molecule is COc1ncccc1C(=O)N1CCC(CO)CC1. The van der Waals surface area contributed by atoms with E-state index < -0.39 is 0 Å². The van der Waals surface area contributed by atoms with Crippen molar-refractivity contribution in [1.29, 1.82) is 0 Å². The molecular formula is C13H18N2O3. The molecule has 2 heterocycles. The normalized spacial score (nSPS) is 16.7. The van der Waals surface area contributed by atoms with Crippen LogP contribution in [-0.4, -0.2) is 47.7 Å². The van der Waals surface area contributed by atoms with Crippen molar-refractivity contribution in [2.24, 2.45) is 5.92 Å². The maximum absolute atomic E-state index is 12.3. The van der Waals surface area contributed by atoms with Gasteiger partial charge in [0.05, 0.1) is 7.11 Å². The lowest BCUT2D eigenvalue weighted by Crippen LogP contribution is -2.39. The van der Waals surface area contributed by atoms with E-state index in [2.05, 4.69) is 4.98 Å². The average Bonchev–Trinajstić information content (AvgIpc) is 2.46. The third-order valence-electron chi connectivity index (χ3n) is 3.35. The first-order valence-corrected chi connectivity index (χ1v) is 6.15. The minimum Gasteiger partial charge on any atom is -0.480 e. The van der Waals surface area contributed by atoms with E-state index in [0.29, 0.717) is 30.5 Å². The molecule has 18 heavy (non-hydrogen) atoms. The van der Waals surface area contributed by atoms with Crippen LogP contribution in [0.15, 0.2) is 18.3 Å². The largest absolute Gasteiger partial charge is 0.480 e. The number of piperidine rings is 1. The van der Waals surface area contributed by atoms with Crippen LogP contribution in [0.4, 0.5) is 0 Å². The Hall–Kier alpha value is -1.62. The van der Waals surface area contributed by atoms with Crippen LogP contribution in [0.1, 0.15) is 23.2 Å². The topological polar surface area (TPSA) is 62.7 Å². The molecule has 0 unspecified atom stereocenters. The number of rotatable bonds is 3. The van der Waals surface area contributed by atoms with Crippen LogP contribution in [0.25, 0.3) is 0 Å². The number of aliphatic hydroxyl groups excluding tert-OH is 1. The molecule has 0 spiro atoms. The summed E-state index contributed by atoms with van der Waals surface area (Å²) in [5, 5.41) is 9.08. The lowest BCUT2D eigenvalue weighted by atomic mass is 9.97. The Morgan fingerprint density at radius 1 is 1.56 bits per heavy atom. The van der Waals surface area contributed by atoms with Crippen LogP contribution in [0, 0.1) is 5.92 Å². The number of hydrogen-bond acceptors (Lipinski definition) is 4. The van der Waals surface area contributed by atoms with Gasteiger partial charge < -0.3 is 14.7 Å². The number of aromatic nitrogens is 1. The van der Waals surface area contributed by atoms with E-state index in [1.165, 1.54) is 7.11 Å². The Kier molecular flexibility index (Phi) is 4.15. The molecule has 1 aromatic rings. The molecule has 1 aliphatic rings. The maximum Gasteiger partial charge on any atom is 0.259 e. The number of carbonyl (C=O) groups is 1. The minimum atomic E-state index is -0.0451. The summed E-state index contributed by atoms with van der Waals surface area (Å²) in [7, 11) is 1.51. The Morgan fingerprint density at radius 3 is 2.89 bits per heavy atom. The predicted molar refractivity (Wildman–Crippen MR) is 66.5 cm³/mol. The molecule has 0 saturated carbocycles. The Bertz CT molecular complexity index is 414. The molecule has 0 aliphatic carbocycles. The second-order valence-corrected chi connectivity index (χ2v) is 4.48. The minimum absolute atomic E-state index is 0.0451. The van der Waals surface area contributed by atoms with Crippen molar-refractivity contribution in [3.8, 4) is 5.88 Å². The van der Waals surface area contributed by atoms with E-state index in [1.807, 2.05) is 0 Å². The molecule has 0 bridgehead atoms. The van der Waals surface area contributed by atoms with Crippen molar-refractivity contribution in [3.05, 3.63) is 23.9 Å². The first kappa shape index (κ1) is 12.8. The number of ether oxygens (including phenoxy) is 1. The number of amides is 1. The van der Waals surface area contributed by atoms with Crippen LogP contribution in [0.3, 0.4) is 0 Å². The number of nitrogens with zero attached hydrogens (tertiary/aromatic N) is 2. The van der Waals surface area contributed by atoms with Gasteiger partial charge in [0.15, 0.2) is 0 Å². The molecule has 0 atom stereocenters. The van der Waals surface area contributed by atoms with Gasteiger partial charge in [0.2, 0.25) is 5.88 Å². The third-order valence-corrected chi connectivity index (χ3v) is 3.35. The molecule has 0 aromatic carbocycles. The molecule has 1 saturated heterocycles. The number of aliphatic hydroxyl groups is 1. The van der Waals surface area contributed by atoms with E-state index in [1.54, 1.807) is 23.2 Å². The highest BCUT2D eigenvalue weighted by Crippen LogP contribution is 2.21. The summed E-state index contributed by atoms with van der Waals surface area (Å²) < 4.78 is 5.10. The second-order valence-electron chi connectivity index (χ2n) is 4.48. The summed E-state index contributed by atoms with van der Waals surface area (Å²) in [6.07, 6.45) is 3.31. The lowest BCUT2D eigenvalue weighted by molar-refractivity contribution is 0.0647. The first-order chi connectivity index (χ1) is 8.76. The van der Waals surface area contributed by atoms with Gasteiger partial charge in [-0.05, 0) is 30.9 Å². The Balaban J connectivity index is 2.08.